The Bertz CT molecular complexity index is 516. The molecular formula is C10H10N2O3. The molecule has 0 amide bonds. The Morgan fingerprint density at radius 3 is 2.87 bits per heavy atom. The lowest BCUT2D eigenvalue weighted by atomic mass is 10.2. The number of fused-ring (bicyclic) bond motifs is 1. The van der Waals surface area contributed by atoms with Gasteiger partial charge in [0.25, 0.3) is 0 Å². The Morgan fingerprint density at radius 1 is 1.53 bits per heavy atom. The van der Waals surface area contributed by atoms with Crippen LogP contribution in [-0.2, 0) is 0 Å². The maximum absolute atomic E-state index is 10.6. The van der Waals surface area contributed by atoms with E-state index < -0.39 is 5.97 Å². The highest BCUT2D eigenvalue weighted by Crippen LogP contribution is 2.18. The highest BCUT2D eigenvalue weighted by molar-refractivity contribution is 5.90. The summed E-state index contributed by atoms with van der Waals surface area (Å²) in [6.45, 7) is 3.92. The zero-order valence-corrected chi connectivity index (χ0v) is 8.39. The summed E-state index contributed by atoms with van der Waals surface area (Å²) in [5, 5.41) is 9.33. The number of nitrogens with zero attached hydrogens (tertiary/aromatic N) is 2. The first-order valence-corrected chi connectivity index (χ1v) is 4.57. The largest absolute Gasteiger partial charge is 0.475 e. The fourth-order valence-electron chi connectivity index (χ4n) is 1.23. The molecular weight excluding hydrogens is 196 g/mol. The van der Waals surface area contributed by atoms with Gasteiger partial charge in [0, 0.05) is 18.2 Å². The van der Waals surface area contributed by atoms with Crippen LogP contribution in [0.4, 0.5) is 0 Å². The molecule has 0 unspecified atom stereocenters. The fraction of sp³-hybridized carbons (Fsp3) is 0.300. The van der Waals surface area contributed by atoms with Crippen molar-refractivity contribution in [2.45, 2.75) is 19.8 Å². The first-order chi connectivity index (χ1) is 7.08. The van der Waals surface area contributed by atoms with Crippen LogP contribution < -0.4 is 0 Å². The summed E-state index contributed by atoms with van der Waals surface area (Å²) >= 11 is 0. The van der Waals surface area contributed by atoms with E-state index in [1.54, 1.807) is 6.20 Å². The van der Waals surface area contributed by atoms with Crippen LogP contribution in [0.25, 0.3) is 11.1 Å². The molecule has 2 aromatic rings. The van der Waals surface area contributed by atoms with Crippen LogP contribution in [0.2, 0.25) is 0 Å². The molecule has 0 fully saturated rings. The minimum atomic E-state index is -1.10. The van der Waals surface area contributed by atoms with Crippen molar-refractivity contribution in [1.82, 2.24) is 9.97 Å². The SMILES string of the molecule is CC(C)c1ncc2cc(C(=O)O)oc2n1. The van der Waals surface area contributed by atoms with E-state index in [9.17, 15) is 4.79 Å². The first kappa shape index (κ1) is 9.64. The molecule has 2 heterocycles. The number of carboxylic acid groups (broad SMARTS) is 1. The highest BCUT2D eigenvalue weighted by Gasteiger charge is 2.13. The molecule has 78 valence electrons. The first-order valence-electron chi connectivity index (χ1n) is 4.57. The van der Waals surface area contributed by atoms with Gasteiger partial charge in [-0.25, -0.2) is 9.78 Å². The minimum absolute atomic E-state index is 0.111. The Labute approximate surface area is 85.8 Å². The van der Waals surface area contributed by atoms with Gasteiger partial charge < -0.3 is 9.52 Å². The van der Waals surface area contributed by atoms with Gasteiger partial charge in [-0.2, -0.15) is 4.98 Å². The predicted octanol–water partition coefficient (Wildman–Crippen LogP) is 2.04. The molecule has 5 heteroatoms. The average Bonchev–Trinajstić information content (AvgIpc) is 2.59. The summed E-state index contributed by atoms with van der Waals surface area (Å²) in [5.74, 6) is -0.374. The van der Waals surface area contributed by atoms with Crippen molar-refractivity contribution in [2.24, 2.45) is 0 Å². The lowest BCUT2D eigenvalue weighted by Gasteiger charge is -2.00. The Kier molecular flexibility index (Phi) is 2.15. The van der Waals surface area contributed by atoms with Crippen LogP contribution in [0.3, 0.4) is 0 Å². The van der Waals surface area contributed by atoms with Crippen LogP contribution in [0.15, 0.2) is 16.7 Å². The smallest absolute Gasteiger partial charge is 0.371 e. The van der Waals surface area contributed by atoms with E-state index in [0.717, 1.165) is 0 Å². The molecule has 0 radical (unpaired) electrons. The lowest BCUT2D eigenvalue weighted by Crippen LogP contribution is -1.95. The van der Waals surface area contributed by atoms with Crippen molar-refractivity contribution in [3.63, 3.8) is 0 Å². The minimum Gasteiger partial charge on any atom is -0.475 e. The van der Waals surface area contributed by atoms with Crippen LogP contribution in [-0.4, -0.2) is 21.0 Å². The van der Waals surface area contributed by atoms with Crippen LogP contribution in [0.1, 0.15) is 36.1 Å². The van der Waals surface area contributed by atoms with Crippen molar-refractivity contribution in [3.8, 4) is 0 Å². The molecule has 0 bridgehead atoms. The normalized spacial score (nSPS) is 11.1. The molecule has 5 nitrogen and oxygen atoms in total. The number of aromatic carboxylic acids is 1. The van der Waals surface area contributed by atoms with Crippen LogP contribution >= 0.6 is 0 Å². The van der Waals surface area contributed by atoms with Gasteiger partial charge in [0.15, 0.2) is 0 Å². The summed E-state index contributed by atoms with van der Waals surface area (Å²) in [5.41, 5.74) is 0.325. The Hall–Kier alpha value is -1.91. The predicted molar refractivity (Wildman–Crippen MR) is 52.9 cm³/mol. The summed E-state index contributed by atoms with van der Waals surface area (Å²) in [4.78, 5) is 18.9. The maximum atomic E-state index is 10.6. The van der Waals surface area contributed by atoms with Gasteiger partial charge in [0.1, 0.15) is 5.82 Å². The second kappa shape index (κ2) is 3.34. The molecule has 2 rings (SSSR count). The number of hydrogen-bond donors (Lipinski definition) is 1. The van der Waals surface area contributed by atoms with Crippen molar-refractivity contribution < 1.29 is 14.3 Å². The number of furan rings is 1. The average molecular weight is 206 g/mol. The van der Waals surface area contributed by atoms with E-state index in [0.29, 0.717) is 16.9 Å². The molecule has 0 aliphatic rings. The number of aromatic nitrogens is 2. The van der Waals surface area contributed by atoms with Crippen LogP contribution in [0.5, 0.6) is 0 Å². The third-order valence-electron chi connectivity index (χ3n) is 2.02. The zero-order valence-electron chi connectivity index (χ0n) is 8.39. The fourth-order valence-corrected chi connectivity index (χ4v) is 1.23. The molecule has 2 aromatic heterocycles. The second-order valence-corrected chi connectivity index (χ2v) is 3.56. The van der Waals surface area contributed by atoms with Crippen molar-refractivity contribution in [3.05, 3.63) is 23.8 Å². The topological polar surface area (TPSA) is 76.2 Å². The number of carboxylic acids is 1. The summed E-state index contributed by atoms with van der Waals surface area (Å²) in [6, 6.07) is 1.42. The van der Waals surface area contributed by atoms with Gasteiger partial charge in [0.2, 0.25) is 11.5 Å². The van der Waals surface area contributed by atoms with E-state index in [1.807, 2.05) is 13.8 Å². The second-order valence-electron chi connectivity index (χ2n) is 3.56. The monoisotopic (exact) mass is 206 g/mol. The van der Waals surface area contributed by atoms with Gasteiger partial charge in [0.05, 0.1) is 5.39 Å². The van der Waals surface area contributed by atoms with Gasteiger partial charge in [-0.1, -0.05) is 13.8 Å². The van der Waals surface area contributed by atoms with E-state index in [1.165, 1.54) is 6.07 Å². The molecule has 15 heavy (non-hydrogen) atoms. The molecule has 0 aliphatic carbocycles. The standard InChI is InChI=1S/C10H10N2O3/c1-5(2)8-11-4-6-3-7(10(13)14)15-9(6)12-8/h3-5H,1-2H3,(H,13,14). The number of rotatable bonds is 2. The van der Waals surface area contributed by atoms with Gasteiger partial charge in [-0.3, -0.25) is 0 Å². The molecule has 0 saturated carbocycles. The number of carbonyl (C=O) groups is 1. The van der Waals surface area contributed by atoms with Gasteiger partial charge >= 0.3 is 5.97 Å². The van der Waals surface area contributed by atoms with E-state index in [2.05, 4.69) is 9.97 Å². The van der Waals surface area contributed by atoms with Crippen molar-refractivity contribution in [2.75, 3.05) is 0 Å². The lowest BCUT2D eigenvalue weighted by molar-refractivity contribution is 0.0664. The summed E-state index contributed by atoms with van der Waals surface area (Å²) in [6.07, 6.45) is 1.58. The van der Waals surface area contributed by atoms with Crippen LogP contribution in [0, 0.1) is 0 Å². The zero-order chi connectivity index (χ0) is 11.0. The van der Waals surface area contributed by atoms with Gasteiger partial charge in [-0.15, -0.1) is 0 Å². The van der Waals surface area contributed by atoms with Crippen molar-refractivity contribution >= 4 is 17.1 Å². The third kappa shape index (κ3) is 1.68. The highest BCUT2D eigenvalue weighted by atomic mass is 16.4. The van der Waals surface area contributed by atoms with E-state index in [-0.39, 0.29) is 11.7 Å². The molecule has 0 saturated heterocycles. The summed E-state index contributed by atoms with van der Waals surface area (Å²) in [7, 11) is 0. The van der Waals surface area contributed by atoms with Gasteiger partial charge in [-0.05, 0) is 0 Å². The van der Waals surface area contributed by atoms with E-state index >= 15 is 0 Å². The molecule has 0 aromatic carbocycles. The summed E-state index contributed by atoms with van der Waals surface area (Å²) < 4.78 is 5.07. The molecule has 0 spiro atoms. The van der Waals surface area contributed by atoms with E-state index in [4.69, 9.17) is 9.52 Å². The van der Waals surface area contributed by atoms with Crippen molar-refractivity contribution in [1.29, 1.82) is 0 Å². The Balaban J connectivity index is 2.57. The number of hydrogen-bond acceptors (Lipinski definition) is 4. The Morgan fingerprint density at radius 2 is 2.27 bits per heavy atom. The molecule has 0 aliphatic heterocycles. The quantitative estimate of drug-likeness (QED) is 0.813. The molecule has 1 N–H and O–H groups in total. The third-order valence-corrected chi connectivity index (χ3v) is 2.02. The molecule has 0 atom stereocenters. The maximum Gasteiger partial charge on any atom is 0.371 e.